The van der Waals surface area contributed by atoms with Gasteiger partial charge in [-0.05, 0) is 5.92 Å². The van der Waals surface area contributed by atoms with Crippen LogP contribution in [0.2, 0.25) is 0 Å². The second kappa shape index (κ2) is 3.60. The Morgan fingerprint density at radius 3 is 2.93 bits per heavy atom. The van der Waals surface area contributed by atoms with Gasteiger partial charge in [0.05, 0.1) is 0 Å². The average molecular weight is 216 g/mol. The van der Waals surface area contributed by atoms with Gasteiger partial charge in [-0.1, -0.05) is 5.16 Å². The third-order valence-corrected chi connectivity index (χ3v) is 2.40. The molecule has 1 amide bonds. The lowest BCUT2D eigenvalue weighted by atomic mass is 9.81. The summed E-state index contributed by atoms with van der Waals surface area (Å²) in [6, 6.07) is 1.42. The lowest BCUT2D eigenvalue weighted by Gasteiger charge is -2.34. The number of carbonyl (C=O) groups excluding carboxylic acids is 1. The Hall–Kier alpha value is -1.46. The van der Waals surface area contributed by atoms with Crippen molar-refractivity contribution in [3.05, 3.63) is 18.0 Å². The number of carbonyl (C=O) groups is 1. The van der Waals surface area contributed by atoms with Crippen LogP contribution in [0, 0.1) is 5.92 Å². The summed E-state index contributed by atoms with van der Waals surface area (Å²) in [7, 11) is 0. The molecule has 0 saturated heterocycles. The van der Waals surface area contributed by atoms with Crippen LogP contribution in [0.25, 0.3) is 0 Å². The predicted molar refractivity (Wildman–Crippen MR) is 46.5 cm³/mol. The van der Waals surface area contributed by atoms with Gasteiger partial charge in [0.1, 0.15) is 6.26 Å². The lowest BCUT2D eigenvalue weighted by Crippen LogP contribution is -2.42. The van der Waals surface area contributed by atoms with Gasteiger partial charge in [-0.2, -0.15) is 0 Å². The van der Waals surface area contributed by atoms with Crippen molar-refractivity contribution in [3.8, 4) is 0 Å². The van der Waals surface area contributed by atoms with Gasteiger partial charge < -0.3 is 9.84 Å². The largest absolute Gasteiger partial charge is 0.364 e. The molecule has 4 nitrogen and oxygen atoms in total. The molecular formula is C9H10F2N2O2. The minimum absolute atomic E-state index is 0.129. The molecule has 0 aromatic carbocycles. The van der Waals surface area contributed by atoms with E-state index < -0.39 is 5.92 Å². The molecule has 1 fully saturated rings. The third kappa shape index (κ3) is 2.31. The van der Waals surface area contributed by atoms with E-state index in [1.165, 1.54) is 12.3 Å². The number of nitrogens with zero attached hydrogens (tertiary/aromatic N) is 1. The Balaban J connectivity index is 1.74. The minimum Gasteiger partial charge on any atom is -0.364 e. The smallest absolute Gasteiger partial charge is 0.273 e. The van der Waals surface area contributed by atoms with Gasteiger partial charge in [0, 0.05) is 25.5 Å². The first kappa shape index (κ1) is 10.1. The lowest BCUT2D eigenvalue weighted by molar-refractivity contribution is -0.108. The molecule has 0 spiro atoms. The monoisotopic (exact) mass is 216 g/mol. The van der Waals surface area contributed by atoms with E-state index in [1.54, 1.807) is 0 Å². The molecule has 1 N–H and O–H groups in total. The van der Waals surface area contributed by atoms with Crippen LogP contribution in [0.3, 0.4) is 0 Å². The summed E-state index contributed by atoms with van der Waals surface area (Å²) in [5.41, 5.74) is 0.168. The Morgan fingerprint density at radius 2 is 2.40 bits per heavy atom. The number of amides is 1. The summed E-state index contributed by atoms with van der Waals surface area (Å²) >= 11 is 0. The van der Waals surface area contributed by atoms with Crippen molar-refractivity contribution >= 4 is 5.91 Å². The topological polar surface area (TPSA) is 55.1 Å². The van der Waals surface area contributed by atoms with Crippen molar-refractivity contribution in [2.75, 3.05) is 6.54 Å². The maximum absolute atomic E-state index is 12.4. The van der Waals surface area contributed by atoms with Gasteiger partial charge in [-0.25, -0.2) is 8.78 Å². The molecule has 0 unspecified atom stereocenters. The van der Waals surface area contributed by atoms with E-state index in [2.05, 4.69) is 15.0 Å². The fraction of sp³-hybridized carbons (Fsp3) is 0.556. The van der Waals surface area contributed by atoms with Crippen LogP contribution in [0.5, 0.6) is 0 Å². The highest BCUT2D eigenvalue weighted by Crippen LogP contribution is 2.41. The van der Waals surface area contributed by atoms with Crippen molar-refractivity contribution in [3.63, 3.8) is 0 Å². The van der Waals surface area contributed by atoms with Crippen LogP contribution in [0.15, 0.2) is 16.9 Å². The molecule has 2 rings (SSSR count). The quantitative estimate of drug-likeness (QED) is 0.831. The van der Waals surface area contributed by atoms with Crippen molar-refractivity contribution in [2.45, 2.75) is 18.8 Å². The summed E-state index contributed by atoms with van der Waals surface area (Å²) < 4.78 is 29.4. The maximum Gasteiger partial charge on any atom is 0.273 e. The molecular weight excluding hydrogens is 206 g/mol. The molecule has 82 valence electrons. The van der Waals surface area contributed by atoms with Gasteiger partial charge >= 0.3 is 0 Å². The standard InChI is InChI=1S/C9H10F2N2O2/c10-9(11)3-6(4-9)5-12-8(14)7-1-2-15-13-7/h1-2,6H,3-5H2,(H,12,14). The molecule has 0 bridgehead atoms. The summed E-state index contributed by atoms with van der Waals surface area (Å²) in [4.78, 5) is 11.3. The number of nitrogens with one attached hydrogen (secondary N) is 1. The first-order valence-corrected chi connectivity index (χ1v) is 4.63. The van der Waals surface area contributed by atoms with E-state index in [4.69, 9.17) is 0 Å². The number of halogens is 2. The first-order chi connectivity index (χ1) is 7.07. The number of rotatable bonds is 3. The minimum atomic E-state index is -2.54. The third-order valence-electron chi connectivity index (χ3n) is 2.40. The van der Waals surface area contributed by atoms with Gasteiger partial charge in [-0.15, -0.1) is 0 Å². The first-order valence-electron chi connectivity index (χ1n) is 4.63. The summed E-state index contributed by atoms with van der Waals surface area (Å²) in [5, 5.41) is 5.96. The zero-order valence-electron chi connectivity index (χ0n) is 7.87. The SMILES string of the molecule is O=C(NCC1CC(F)(F)C1)c1ccon1. The van der Waals surface area contributed by atoms with Crippen LogP contribution in [-0.4, -0.2) is 23.5 Å². The molecule has 6 heteroatoms. The maximum atomic E-state index is 12.4. The summed E-state index contributed by atoms with van der Waals surface area (Å²) in [6.45, 7) is 0.265. The van der Waals surface area contributed by atoms with Crippen LogP contribution in [-0.2, 0) is 0 Å². The summed E-state index contributed by atoms with van der Waals surface area (Å²) in [5.74, 6) is -3.06. The van der Waals surface area contributed by atoms with Gasteiger partial charge in [-0.3, -0.25) is 4.79 Å². The number of hydrogen-bond donors (Lipinski definition) is 1. The normalized spacial score (nSPS) is 19.6. The van der Waals surface area contributed by atoms with E-state index >= 15 is 0 Å². The molecule has 0 radical (unpaired) electrons. The zero-order chi connectivity index (χ0) is 10.9. The second-order valence-electron chi connectivity index (χ2n) is 3.72. The average Bonchev–Trinajstić information content (AvgIpc) is 2.63. The number of alkyl halides is 2. The molecule has 1 heterocycles. The van der Waals surface area contributed by atoms with Crippen molar-refractivity contribution in [1.82, 2.24) is 10.5 Å². The van der Waals surface area contributed by atoms with Crippen molar-refractivity contribution in [1.29, 1.82) is 0 Å². The summed E-state index contributed by atoms with van der Waals surface area (Å²) in [6.07, 6.45) is 0.991. The Bertz CT molecular complexity index is 343. The van der Waals surface area contributed by atoms with Gasteiger partial charge in [0.15, 0.2) is 5.69 Å². The predicted octanol–water partition coefficient (Wildman–Crippen LogP) is 1.45. The molecule has 1 aromatic rings. The van der Waals surface area contributed by atoms with E-state index in [-0.39, 0.29) is 36.9 Å². The number of hydrogen-bond acceptors (Lipinski definition) is 3. The fourth-order valence-corrected chi connectivity index (χ4v) is 1.59. The van der Waals surface area contributed by atoms with Crippen LogP contribution >= 0.6 is 0 Å². The second-order valence-corrected chi connectivity index (χ2v) is 3.72. The molecule has 1 aliphatic rings. The van der Waals surface area contributed by atoms with Crippen LogP contribution < -0.4 is 5.32 Å². The molecule has 15 heavy (non-hydrogen) atoms. The van der Waals surface area contributed by atoms with Crippen LogP contribution in [0.1, 0.15) is 23.3 Å². The molecule has 0 aliphatic heterocycles. The Kier molecular flexibility index (Phi) is 2.42. The Morgan fingerprint density at radius 1 is 1.67 bits per heavy atom. The number of aromatic nitrogens is 1. The van der Waals surface area contributed by atoms with Crippen molar-refractivity contribution < 1.29 is 18.1 Å². The van der Waals surface area contributed by atoms with Crippen LogP contribution in [0.4, 0.5) is 8.78 Å². The van der Waals surface area contributed by atoms with Crippen molar-refractivity contribution in [2.24, 2.45) is 5.92 Å². The molecule has 0 atom stereocenters. The highest BCUT2D eigenvalue weighted by molar-refractivity contribution is 5.91. The molecule has 1 aliphatic carbocycles. The Labute approximate surface area is 84.6 Å². The van der Waals surface area contributed by atoms with E-state index in [0.29, 0.717) is 0 Å². The molecule has 1 saturated carbocycles. The van der Waals surface area contributed by atoms with E-state index in [0.717, 1.165) is 0 Å². The van der Waals surface area contributed by atoms with E-state index in [9.17, 15) is 13.6 Å². The molecule has 1 aromatic heterocycles. The highest BCUT2D eigenvalue weighted by Gasteiger charge is 2.45. The fourth-order valence-electron chi connectivity index (χ4n) is 1.59. The highest BCUT2D eigenvalue weighted by atomic mass is 19.3. The van der Waals surface area contributed by atoms with Gasteiger partial charge in [0.2, 0.25) is 5.92 Å². The van der Waals surface area contributed by atoms with E-state index in [1.807, 2.05) is 0 Å². The zero-order valence-corrected chi connectivity index (χ0v) is 7.87. The van der Waals surface area contributed by atoms with Gasteiger partial charge in [0.25, 0.3) is 5.91 Å².